The minimum Gasteiger partial charge on any atom is -0.373 e. The molecular formula is C11H17N5O2. The molecule has 5 N–H and O–H groups in total. The first-order valence-corrected chi connectivity index (χ1v) is 5.43. The zero-order chi connectivity index (χ0) is 13.5. The minimum absolute atomic E-state index is 0.0171. The number of anilines is 1. The Kier molecular flexibility index (Phi) is 5.06. The molecule has 0 aliphatic heterocycles. The van der Waals surface area contributed by atoms with Gasteiger partial charge in [-0.25, -0.2) is 4.98 Å². The molecule has 0 aromatic carbocycles. The predicted octanol–water partition coefficient (Wildman–Crippen LogP) is -1.10. The minimum atomic E-state index is -0.504. The Hall–Kier alpha value is -2.15. The molecule has 18 heavy (non-hydrogen) atoms. The molecule has 0 saturated carbocycles. The number of carbonyl (C=O) groups is 2. The van der Waals surface area contributed by atoms with Crippen molar-refractivity contribution < 1.29 is 9.59 Å². The third-order valence-electron chi connectivity index (χ3n) is 2.25. The number of nitrogens with zero attached hydrogens (tertiary/aromatic N) is 2. The molecule has 1 rings (SSSR count). The van der Waals surface area contributed by atoms with E-state index in [1.165, 1.54) is 0 Å². The maximum atomic E-state index is 10.9. The van der Waals surface area contributed by atoms with E-state index in [0.717, 1.165) is 11.4 Å². The molecule has 1 aromatic rings. The molecule has 0 bridgehead atoms. The summed E-state index contributed by atoms with van der Waals surface area (Å²) >= 11 is 0. The van der Waals surface area contributed by atoms with Gasteiger partial charge < -0.3 is 16.8 Å². The van der Waals surface area contributed by atoms with E-state index in [2.05, 4.69) is 10.3 Å². The maximum Gasteiger partial charge on any atom is 0.231 e. The lowest BCUT2D eigenvalue weighted by Crippen LogP contribution is -2.39. The number of primary amides is 2. The van der Waals surface area contributed by atoms with Crippen molar-refractivity contribution in [2.24, 2.45) is 11.5 Å². The van der Waals surface area contributed by atoms with Crippen LogP contribution in [0, 0.1) is 0 Å². The molecule has 1 heterocycles. The molecule has 0 radical (unpaired) electrons. The van der Waals surface area contributed by atoms with Crippen LogP contribution in [0.3, 0.4) is 0 Å². The van der Waals surface area contributed by atoms with Crippen LogP contribution in [0.5, 0.6) is 0 Å². The summed E-state index contributed by atoms with van der Waals surface area (Å²) in [5.74, 6) is -0.262. The van der Waals surface area contributed by atoms with Crippen molar-refractivity contribution in [2.75, 3.05) is 25.5 Å². The van der Waals surface area contributed by atoms with Crippen LogP contribution in [0.25, 0.3) is 0 Å². The fourth-order valence-corrected chi connectivity index (χ4v) is 1.53. The quantitative estimate of drug-likeness (QED) is 0.569. The largest absolute Gasteiger partial charge is 0.373 e. The molecule has 0 spiro atoms. The van der Waals surface area contributed by atoms with Gasteiger partial charge in [0.15, 0.2) is 0 Å². The molecule has 0 fully saturated rings. The lowest BCUT2D eigenvalue weighted by molar-refractivity contribution is -0.122. The number of hydrogen-bond acceptors (Lipinski definition) is 5. The highest BCUT2D eigenvalue weighted by atomic mass is 16.2. The van der Waals surface area contributed by atoms with Crippen molar-refractivity contribution in [1.29, 1.82) is 0 Å². The predicted molar refractivity (Wildman–Crippen MR) is 67.4 cm³/mol. The van der Waals surface area contributed by atoms with Crippen molar-refractivity contribution in [3.63, 3.8) is 0 Å². The Morgan fingerprint density at radius 3 is 2.28 bits per heavy atom. The topological polar surface area (TPSA) is 114 Å². The third-order valence-corrected chi connectivity index (χ3v) is 2.25. The van der Waals surface area contributed by atoms with Crippen LogP contribution >= 0.6 is 0 Å². The fourth-order valence-electron chi connectivity index (χ4n) is 1.53. The standard InChI is InChI=1S/C11H17N5O2/c1-14-11-3-2-8(4-15-11)5-16(6-9(12)17)7-10(13)18/h2-4H,5-7H2,1H3,(H2,12,17)(H2,13,18)(H,14,15). The molecule has 0 aliphatic rings. The maximum absolute atomic E-state index is 10.9. The fraction of sp³-hybridized carbons (Fsp3) is 0.364. The highest BCUT2D eigenvalue weighted by Crippen LogP contribution is 2.07. The smallest absolute Gasteiger partial charge is 0.231 e. The van der Waals surface area contributed by atoms with Crippen LogP contribution in [0.1, 0.15) is 5.56 Å². The Morgan fingerprint density at radius 2 is 1.89 bits per heavy atom. The molecule has 98 valence electrons. The lowest BCUT2D eigenvalue weighted by atomic mass is 10.2. The number of nitrogens with two attached hydrogens (primary N) is 2. The Bertz CT molecular complexity index is 402. The van der Waals surface area contributed by atoms with Gasteiger partial charge >= 0.3 is 0 Å². The molecule has 7 nitrogen and oxygen atoms in total. The van der Waals surface area contributed by atoms with Gasteiger partial charge in [-0.05, 0) is 11.6 Å². The molecule has 7 heteroatoms. The second kappa shape index (κ2) is 6.55. The number of nitrogens with one attached hydrogen (secondary N) is 1. The first-order chi connectivity index (χ1) is 8.51. The van der Waals surface area contributed by atoms with E-state index in [9.17, 15) is 9.59 Å². The van der Waals surface area contributed by atoms with E-state index in [1.54, 1.807) is 18.1 Å². The SMILES string of the molecule is CNc1ccc(CN(CC(N)=O)CC(N)=O)cn1. The van der Waals surface area contributed by atoms with Gasteiger partial charge in [0.05, 0.1) is 13.1 Å². The van der Waals surface area contributed by atoms with Crippen LogP contribution < -0.4 is 16.8 Å². The van der Waals surface area contributed by atoms with Crippen LogP contribution in [0.4, 0.5) is 5.82 Å². The average molecular weight is 251 g/mol. The van der Waals surface area contributed by atoms with Gasteiger partial charge in [0.1, 0.15) is 5.82 Å². The molecule has 0 atom stereocenters. The summed E-state index contributed by atoms with van der Waals surface area (Å²) in [4.78, 5) is 27.5. The van der Waals surface area contributed by atoms with E-state index < -0.39 is 11.8 Å². The number of hydrogen-bond donors (Lipinski definition) is 3. The number of carbonyl (C=O) groups excluding carboxylic acids is 2. The summed E-state index contributed by atoms with van der Waals surface area (Å²) in [5, 5.41) is 2.90. The first kappa shape index (κ1) is 13.9. The van der Waals surface area contributed by atoms with E-state index in [4.69, 9.17) is 11.5 Å². The van der Waals surface area contributed by atoms with Gasteiger partial charge in [-0.3, -0.25) is 14.5 Å². The van der Waals surface area contributed by atoms with Crippen molar-refractivity contribution in [3.05, 3.63) is 23.9 Å². The molecule has 0 saturated heterocycles. The summed E-state index contributed by atoms with van der Waals surface area (Å²) < 4.78 is 0. The summed E-state index contributed by atoms with van der Waals surface area (Å²) in [6, 6.07) is 3.66. The van der Waals surface area contributed by atoms with Crippen LogP contribution in [-0.4, -0.2) is 41.8 Å². The van der Waals surface area contributed by atoms with Crippen molar-refractivity contribution >= 4 is 17.6 Å². The normalized spacial score (nSPS) is 10.3. The van der Waals surface area contributed by atoms with Crippen LogP contribution in [0.2, 0.25) is 0 Å². The lowest BCUT2D eigenvalue weighted by Gasteiger charge is -2.18. The number of aromatic nitrogens is 1. The van der Waals surface area contributed by atoms with Crippen molar-refractivity contribution in [1.82, 2.24) is 9.88 Å². The second-order valence-corrected chi connectivity index (χ2v) is 3.88. The van der Waals surface area contributed by atoms with E-state index >= 15 is 0 Å². The zero-order valence-corrected chi connectivity index (χ0v) is 10.2. The summed E-state index contributed by atoms with van der Waals surface area (Å²) in [7, 11) is 1.77. The second-order valence-electron chi connectivity index (χ2n) is 3.88. The van der Waals surface area contributed by atoms with Gasteiger partial charge in [-0.15, -0.1) is 0 Å². The average Bonchev–Trinajstić information content (AvgIpc) is 2.28. The summed E-state index contributed by atoms with van der Waals surface area (Å²) in [6.07, 6.45) is 1.67. The summed E-state index contributed by atoms with van der Waals surface area (Å²) in [5.41, 5.74) is 11.1. The Labute approximate surface area is 105 Å². The van der Waals surface area contributed by atoms with Crippen LogP contribution in [0.15, 0.2) is 18.3 Å². The third kappa shape index (κ3) is 4.79. The summed E-state index contributed by atoms with van der Waals surface area (Å²) in [6.45, 7) is 0.357. The zero-order valence-electron chi connectivity index (χ0n) is 10.2. The molecular weight excluding hydrogens is 234 g/mol. The van der Waals surface area contributed by atoms with Crippen LogP contribution in [-0.2, 0) is 16.1 Å². The van der Waals surface area contributed by atoms with Gasteiger partial charge in [0, 0.05) is 19.8 Å². The van der Waals surface area contributed by atoms with Crippen molar-refractivity contribution in [2.45, 2.75) is 6.54 Å². The monoisotopic (exact) mass is 251 g/mol. The van der Waals surface area contributed by atoms with Crippen molar-refractivity contribution in [3.8, 4) is 0 Å². The Morgan fingerprint density at radius 1 is 1.28 bits per heavy atom. The van der Waals surface area contributed by atoms with E-state index in [1.807, 2.05) is 12.1 Å². The highest BCUT2D eigenvalue weighted by molar-refractivity contribution is 5.79. The van der Waals surface area contributed by atoms with Gasteiger partial charge in [-0.1, -0.05) is 6.07 Å². The molecule has 0 aliphatic carbocycles. The number of rotatable bonds is 7. The van der Waals surface area contributed by atoms with Gasteiger partial charge in [0.2, 0.25) is 11.8 Å². The Balaban J connectivity index is 2.68. The van der Waals surface area contributed by atoms with E-state index in [-0.39, 0.29) is 13.1 Å². The number of amides is 2. The highest BCUT2D eigenvalue weighted by Gasteiger charge is 2.11. The van der Waals surface area contributed by atoms with Gasteiger partial charge in [0.25, 0.3) is 0 Å². The molecule has 2 amide bonds. The molecule has 1 aromatic heterocycles. The number of pyridine rings is 1. The first-order valence-electron chi connectivity index (χ1n) is 5.43. The van der Waals surface area contributed by atoms with E-state index in [0.29, 0.717) is 6.54 Å². The van der Waals surface area contributed by atoms with Gasteiger partial charge in [-0.2, -0.15) is 0 Å². The molecule has 0 unspecified atom stereocenters.